The van der Waals surface area contributed by atoms with E-state index in [0.717, 1.165) is 24.2 Å². The molecule has 1 aromatic carbocycles. The minimum Gasteiger partial charge on any atom is -0.492 e. The summed E-state index contributed by atoms with van der Waals surface area (Å²) in [4.78, 5) is 34.2. The molecule has 0 radical (unpaired) electrons. The first kappa shape index (κ1) is 29.6. The van der Waals surface area contributed by atoms with Crippen LogP contribution in [0.2, 0.25) is 0 Å². The molecule has 1 amide bonds. The first-order chi connectivity index (χ1) is 18.8. The zero-order valence-corrected chi connectivity index (χ0v) is 23.4. The van der Waals surface area contributed by atoms with Crippen molar-refractivity contribution in [1.29, 1.82) is 0 Å². The van der Waals surface area contributed by atoms with Gasteiger partial charge >= 0.3 is 12.1 Å². The molecule has 0 aliphatic carbocycles. The summed E-state index contributed by atoms with van der Waals surface area (Å²) in [6.07, 6.45) is -3.98. The molecule has 40 heavy (non-hydrogen) atoms. The number of carbonyl (C=O) groups is 2. The fourth-order valence-electron chi connectivity index (χ4n) is 4.83. The molecular weight excluding hydrogens is 529 g/mol. The smallest absolute Gasteiger partial charge is 0.449 e. The van der Waals surface area contributed by atoms with Crippen molar-refractivity contribution in [1.82, 2.24) is 19.4 Å². The first-order valence-electron chi connectivity index (χ1n) is 13.2. The monoisotopic (exact) mass is 564 g/mol. The average Bonchev–Trinajstić information content (AvgIpc) is 3.19. The van der Waals surface area contributed by atoms with Gasteiger partial charge in [0.05, 0.1) is 30.7 Å². The van der Waals surface area contributed by atoms with Gasteiger partial charge in [-0.1, -0.05) is 13.8 Å². The second-order valence-corrected chi connectivity index (χ2v) is 10.8. The molecule has 0 saturated carbocycles. The number of hydrogen-bond donors (Lipinski definition) is 0. The third-order valence-corrected chi connectivity index (χ3v) is 6.80. The SMILES string of the molecule is CC(C)OC(=O)C1=CN(C(=O)c2ccc(OCCN3CCOCC3)cc2)CC(C)(C)c2nc(C(F)(F)F)n(C)c21. The van der Waals surface area contributed by atoms with Crippen molar-refractivity contribution < 1.29 is 37.0 Å². The van der Waals surface area contributed by atoms with E-state index >= 15 is 0 Å². The third-order valence-electron chi connectivity index (χ3n) is 6.80. The number of aromatic nitrogens is 2. The predicted molar refractivity (Wildman–Crippen MR) is 141 cm³/mol. The Morgan fingerprint density at radius 1 is 1.12 bits per heavy atom. The van der Waals surface area contributed by atoms with Gasteiger partial charge in [0.2, 0.25) is 5.82 Å². The van der Waals surface area contributed by atoms with Crippen molar-refractivity contribution in [2.45, 2.75) is 45.4 Å². The maximum Gasteiger partial charge on any atom is 0.449 e. The van der Waals surface area contributed by atoms with Crippen LogP contribution in [0, 0.1) is 0 Å². The van der Waals surface area contributed by atoms with Crippen LogP contribution in [0.3, 0.4) is 0 Å². The highest BCUT2D eigenvalue weighted by atomic mass is 19.4. The summed E-state index contributed by atoms with van der Waals surface area (Å²) in [5.74, 6) is -1.79. The van der Waals surface area contributed by atoms with E-state index in [-0.39, 0.29) is 23.5 Å². The number of nitrogens with zero attached hydrogens (tertiary/aromatic N) is 4. The van der Waals surface area contributed by atoms with E-state index in [2.05, 4.69) is 9.88 Å². The third kappa shape index (κ3) is 6.49. The summed E-state index contributed by atoms with van der Waals surface area (Å²) < 4.78 is 58.7. The molecule has 0 spiro atoms. The highest BCUT2D eigenvalue weighted by Crippen LogP contribution is 2.39. The second-order valence-electron chi connectivity index (χ2n) is 10.8. The van der Waals surface area contributed by atoms with Crippen molar-refractivity contribution in [2.75, 3.05) is 46.0 Å². The summed E-state index contributed by atoms with van der Waals surface area (Å²) in [5, 5.41) is 0. The number of rotatable bonds is 7. The number of morpholine rings is 1. The largest absolute Gasteiger partial charge is 0.492 e. The molecule has 1 aromatic heterocycles. The van der Waals surface area contributed by atoms with Gasteiger partial charge in [0.25, 0.3) is 5.91 Å². The summed E-state index contributed by atoms with van der Waals surface area (Å²) in [7, 11) is 1.20. The molecule has 3 heterocycles. The highest BCUT2D eigenvalue weighted by Gasteiger charge is 2.44. The number of halogens is 3. The van der Waals surface area contributed by atoms with Crippen LogP contribution < -0.4 is 4.74 Å². The van der Waals surface area contributed by atoms with Crippen molar-refractivity contribution in [3.8, 4) is 5.75 Å². The van der Waals surface area contributed by atoms with E-state index in [1.54, 1.807) is 52.0 Å². The van der Waals surface area contributed by atoms with Gasteiger partial charge in [-0.2, -0.15) is 13.2 Å². The molecule has 4 rings (SSSR count). The number of benzene rings is 1. The van der Waals surface area contributed by atoms with Crippen molar-refractivity contribution in [2.24, 2.45) is 7.05 Å². The molecule has 2 aliphatic heterocycles. The Hall–Kier alpha value is -3.38. The Morgan fingerprint density at radius 2 is 1.77 bits per heavy atom. The van der Waals surface area contributed by atoms with E-state index in [4.69, 9.17) is 14.2 Å². The number of ether oxygens (including phenoxy) is 3. The molecule has 0 bridgehead atoms. The average molecular weight is 565 g/mol. The van der Waals surface area contributed by atoms with E-state index in [0.29, 0.717) is 31.1 Å². The normalized spacial score (nSPS) is 17.7. The van der Waals surface area contributed by atoms with Gasteiger partial charge in [-0.15, -0.1) is 0 Å². The lowest BCUT2D eigenvalue weighted by Gasteiger charge is -2.28. The fourth-order valence-corrected chi connectivity index (χ4v) is 4.83. The highest BCUT2D eigenvalue weighted by molar-refractivity contribution is 6.17. The molecule has 2 aromatic rings. The molecule has 0 N–H and O–H groups in total. The Kier molecular flexibility index (Phi) is 8.60. The molecule has 9 nitrogen and oxygen atoms in total. The van der Waals surface area contributed by atoms with Gasteiger partial charge in [-0.25, -0.2) is 9.78 Å². The number of hydrogen-bond acceptors (Lipinski definition) is 7. The van der Waals surface area contributed by atoms with Crippen LogP contribution in [0.4, 0.5) is 13.2 Å². The van der Waals surface area contributed by atoms with E-state index < -0.39 is 35.4 Å². The lowest BCUT2D eigenvalue weighted by molar-refractivity contribution is -0.147. The maximum atomic E-state index is 13.8. The molecule has 0 atom stereocenters. The Balaban J connectivity index is 1.60. The molecule has 1 fully saturated rings. The Bertz CT molecular complexity index is 1260. The zero-order chi connectivity index (χ0) is 29.2. The van der Waals surface area contributed by atoms with E-state index in [9.17, 15) is 22.8 Å². The number of fused-ring (bicyclic) bond motifs is 1. The number of imidazole rings is 1. The molecule has 12 heteroatoms. The standard InChI is InChI=1S/C28H35F3N4O5/c1-18(2)40-25(37)21-16-35(17-27(3,4)23-22(21)33(5)26(32-23)28(29,30)31)24(36)19-6-8-20(9-7-19)39-15-12-34-10-13-38-14-11-34/h6-9,16,18H,10-15,17H2,1-5H3. The van der Waals surface area contributed by atoms with E-state index in [1.165, 1.54) is 18.1 Å². The topological polar surface area (TPSA) is 86.1 Å². The zero-order valence-electron chi connectivity index (χ0n) is 23.4. The lowest BCUT2D eigenvalue weighted by atomic mass is 9.87. The summed E-state index contributed by atoms with van der Waals surface area (Å²) >= 11 is 0. The minimum atomic E-state index is -4.73. The van der Waals surface area contributed by atoms with Gasteiger partial charge in [0.15, 0.2) is 0 Å². The molecule has 2 aliphatic rings. The molecule has 1 saturated heterocycles. The van der Waals surface area contributed by atoms with Gasteiger partial charge in [0.1, 0.15) is 17.9 Å². The van der Waals surface area contributed by atoms with Gasteiger partial charge in [0, 0.05) is 50.4 Å². The van der Waals surface area contributed by atoms with E-state index in [1.807, 2.05) is 0 Å². The van der Waals surface area contributed by atoms with Crippen LogP contribution in [-0.2, 0) is 32.9 Å². The lowest BCUT2D eigenvalue weighted by Crippen LogP contribution is -2.38. The number of alkyl halides is 3. The Labute approximate surface area is 231 Å². The Morgan fingerprint density at radius 3 is 2.38 bits per heavy atom. The van der Waals surface area contributed by atoms with Crippen LogP contribution in [0.15, 0.2) is 30.5 Å². The van der Waals surface area contributed by atoms with Crippen LogP contribution in [-0.4, -0.2) is 83.3 Å². The molecule has 218 valence electrons. The van der Waals surface area contributed by atoms with Crippen molar-refractivity contribution >= 4 is 17.4 Å². The summed E-state index contributed by atoms with van der Waals surface area (Å²) in [6, 6.07) is 6.63. The van der Waals surface area contributed by atoms with Crippen LogP contribution in [0.25, 0.3) is 5.57 Å². The van der Waals surface area contributed by atoms with Gasteiger partial charge in [-0.05, 0) is 38.1 Å². The van der Waals surface area contributed by atoms with Crippen molar-refractivity contribution in [3.05, 3.63) is 53.2 Å². The van der Waals surface area contributed by atoms with Gasteiger partial charge < -0.3 is 23.7 Å². The summed E-state index contributed by atoms with van der Waals surface area (Å²) in [5.41, 5.74) is -0.823. The van der Waals surface area contributed by atoms with Crippen molar-refractivity contribution in [3.63, 3.8) is 0 Å². The molecular formula is C28H35F3N4O5. The second kappa shape index (κ2) is 11.6. The number of amides is 1. The number of carbonyl (C=O) groups excluding carboxylic acids is 2. The molecule has 0 unspecified atom stereocenters. The fraction of sp³-hybridized carbons (Fsp3) is 0.536. The van der Waals surface area contributed by atoms with Crippen LogP contribution >= 0.6 is 0 Å². The summed E-state index contributed by atoms with van der Waals surface area (Å²) in [6.45, 7) is 11.0. The minimum absolute atomic E-state index is 0.0105. The quantitative estimate of drug-likeness (QED) is 0.472. The van der Waals surface area contributed by atoms with Crippen LogP contribution in [0.5, 0.6) is 5.75 Å². The van der Waals surface area contributed by atoms with Gasteiger partial charge in [-0.3, -0.25) is 9.69 Å². The predicted octanol–water partition coefficient (Wildman–Crippen LogP) is 3.88. The first-order valence-corrected chi connectivity index (χ1v) is 13.2. The number of esters is 1. The van der Waals surface area contributed by atoms with Crippen LogP contribution in [0.1, 0.15) is 55.3 Å². The maximum absolute atomic E-state index is 13.8.